The smallest absolute Gasteiger partial charge is 0.335 e. The van der Waals surface area contributed by atoms with Crippen LogP contribution < -0.4 is 0 Å². The van der Waals surface area contributed by atoms with Crippen LogP contribution in [0, 0.1) is 0 Å². The van der Waals surface area contributed by atoms with E-state index in [2.05, 4.69) is 36.2 Å². The first kappa shape index (κ1) is 19.0. The van der Waals surface area contributed by atoms with Crippen LogP contribution in [0.15, 0.2) is 29.6 Å². The number of carbonyl (C=O) groups excluding carboxylic acids is 1. The number of esters is 1. The number of rotatable bonds is 8. The zero-order chi connectivity index (χ0) is 18.4. The summed E-state index contributed by atoms with van der Waals surface area (Å²) in [5.41, 5.74) is 3.14. The Labute approximate surface area is 158 Å². The minimum atomic E-state index is -0.598. The van der Waals surface area contributed by atoms with E-state index < -0.39 is 6.10 Å². The van der Waals surface area contributed by atoms with Crippen LogP contribution in [0.3, 0.4) is 0 Å². The Balaban J connectivity index is 1.46. The number of nitrogens with zero attached hydrogens (tertiary/aromatic N) is 1. The van der Waals surface area contributed by atoms with Crippen molar-refractivity contribution in [2.75, 3.05) is 13.2 Å². The van der Waals surface area contributed by atoms with Gasteiger partial charge in [-0.15, -0.1) is 11.3 Å². The molecular formula is C20H25NO4S. The molecule has 26 heavy (non-hydrogen) atoms. The highest BCUT2D eigenvalue weighted by atomic mass is 32.1. The van der Waals surface area contributed by atoms with Gasteiger partial charge in [0.05, 0.1) is 18.4 Å². The van der Waals surface area contributed by atoms with Crippen LogP contribution in [0.25, 0.3) is 10.6 Å². The van der Waals surface area contributed by atoms with E-state index in [1.54, 1.807) is 18.3 Å². The Morgan fingerprint density at radius 1 is 1.38 bits per heavy atom. The van der Waals surface area contributed by atoms with Gasteiger partial charge in [0, 0.05) is 17.6 Å². The van der Waals surface area contributed by atoms with Crippen molar-refractivity contribution in [3.8, 4) is 10.6 Å². The van der Waals surface area contributed by atoms with Gasteiger partial charge in [0.2, 0.25) is 0 Å². The summed E-state index contributed by atoms with van der Waals surface area (Å²) in [5.74, 6) is -0.371. The summed E-state index contributed by atoms with van der Waals surface area (Å²) < 4.78 is 16.4. The molecule has 0 bridgehead atoms. The number of aromatic nitrogens is 1. The van der Waals surface area contributed by atoms with Gasteiger partial charge in [-0.3, -0.25) is 0 Å². The van der Waals surface area contributed by atoms with Gasteiger partial charge in [-0.05, 0) is 31.7 Å². The molecule has 2 heterocycles. The van der Waals surface area contributed by atoms with Gasteiger partial charge >= 0.3 is 5.97 Å². The molecule has 1 aliphatic heterocycles. The van der Waals surface area contributed by atoms with Gasteiger partial charge in [0.1, 0.15) is 11.6 Å². The summed E-state index contributed by atoms with van der Waals surface area (Å²) in [4.78, 5) is 16.6. The number of carbonyl (C=O) groups is 1. The average molecular weight is 375 g/mol. The van der Waals surface area contributed by atoms with Crippen molar-refractivity contribution < 1.29 is 19.0 Å². The van der Waals surface area contributed by atoms with Gasteiger partial charge in [0.15, 0.2) is 6.10 Å². The Morgan fingerprint density at radius 3 is 2.88 bits per heavy atom. The second-order valence-corrected chi connectivity index (χ2v) is 7.27. The van der Waals surface area contributed by atoms with Crippen LogP contribution >= 0.6 is 11.3 Å². The second kappa shape index (κ2) is 9.26. The number of thiazole rings is 1. The van der Waals surface area contributed by atoms with Crippen molar-refractivity contribution in [1.29, 1.82) is 0 Å². The van der Waals surface area contributed by atoms with Crippen LogP contribution in [0.1, 0.15) is 37.9 Å². The molecule has 1 saturated heterocycles. The normalized spacial score (nSPS) is 18.0. The van der Waals surface area contributed by atoms with Crippen LogP contribution in [0.5, 0.6) is 0 Å². The molecule has 1 aromatic heterocycles. The third-order valence-corrected chi connectivity index (χ3v) is 5.35. The quantitative estimate of drug-likeness (QED) is 0.653. The zero-order valence-corrected chi connectivity index (χ0v) is 16.1. The SMILES string of the molecule is CCc1ccc(-c2nc(COC(=O)C(C)OCC3CCCO3)cs2)cc1. The van der Waals surface area contributed by atoms with Crippen molar-refractivity contribution in [3.05, 3.63) is 40.9 Å². The van der Waals surface area contributed by atoms with Gasteiger partial charge < -0.3 is 14.2 Å². The molecule has 2 unspecified atom stereocenters. The Hall–Kier alpha value is -1.76. The highest BCUT2D eigenvalue weighted by molar-refractivity contribution is 7.13. The lowest BCUT2D eigenvalue weighted by Gasteiger charge is -2.15. The van der Waals surface area contributed by atoms with Crippen LogP contribution in [-0.4, -0.2) is 36.4 Å². The maximum Gasteiger partial charge on any atom is 0.335 e. The van der Waals surface area contributed by atoms with Gasteiger partial charge in [-0.2, -0.15) is 0 Å². The lowest BCUT2D eigenvalue weighted by atomic mass is 10.1. The van der Waals surface area contributed by atoms with Gasteiger partial charge in [-0.1, -0.05) is 31.2 Å². The van der Waals surface area contributed by atoms with E-state index in [9.17, 15) is 4.79 Å². The minimum Gasteiger partial charge on any atom is -0.457 e. The number of aryl methyl sites for hydroxylation is 1. The molecule has 5 nitrogen and oxygen atoms in total. The summed E-state index contributed by atoms with van der Waals surface area (Å²) in [7, 11) is 0. The van der Waals surface area contributed by atoms with E-state index in [1.807, 2.05) is 5.38 Å². The topological polar surface area (TPSA) is 57.7 Å². The molecule has 2 aromatic rings. The molecule has 0 radical (unpaired) electrons. The molecule has 1 aliphatic rings. The van der Waals surface area contributed by atoms with E-state index in [4.69, 9.17) is 14.2 Å². The van der Waals surface area contributed by atoms with Gasteiger partial charge in [-0.25, -0.2) is 9.78 Å². The average Bonchev–Trinajstić information content (AvgIpc) is 3.36. The molecule has 0 spiro atoms. The monoisotopic (exact) mass is 375 g/mol. The fourth-order valence-corrected chi connectivity index (χ4v) is 3.56. The van der Waals surface area contributed by atoms with E-state index >= 15 is 0 Å². The molecule has 1 fully saturated rings. The van der Waals surface area contributed by atoms with Crippen molar-refractivity contribution in [3.63, 3.8) is 0 Å². The fourth-order valence-electron chi connectivity index (χ4n) is 2.75. The molecule has 2 atom stereocenters. The molecule has 0 amide bonds. The predicted molar refractivity (Wildman–Crippen MR) is 101 cm³/mol. The summed E-state index contributed by atoms with van der Waals surface area (Å²) in [6.07, 6.45) is 2.57. The third kappa shape index (κ3) is 5.13. The summed E-state index contributed by atoms with van der Waals surface area (Å²) >= 11 is 1.55. The van der Waals surface area contributed by atoms with E-state index in [0.717, 1.165) is 42.1 Å². The maximum absolute atomic E-state index is 12.1. The highest BCUT2D eigenvalue weighted by Crippen LogP contribution is 2.24. The molecule has 3 rings (SSSR count). The van der Waals surface area contributed by atoms with Gasteiger partial charge in [0.25, 0.3) is 0 Å². The molecule has 0 N–H and O–H groups in total. The molecular weight excluding hydrogens is 350 g/mol. The molecule has 0 aliphatic carbocycles. The molecule has 140 valence electrons. The van der Waals surface area contributed by atoms with Crippen LogP contribution in [0.2, 0.25) is 0 Å². The standard InChI is InChI=1S/C20H25NO4S/c1-3-15-6-8-16(9-7-15)19-21-17(13-26-19)11-25-20(22)14(2)24-12-18-5-4-10-23-18/h6-9,13-14,18H,3-5,10-12H2,1-2H3. The van der Waals surface area contributed by atoms with Crippen molar-refractivity contribution in [2.24, 2.45) is 0 Å². The first-order valence-electron chi connectivity index (χ1n) is 9.09. The predicted octanol–water partition coefficient (Wildman–Crippen LogP) is 4.00. The summed E-state index contributed by atoms with van der Waals surface area (Å²) in [5, 5.41) is 2.86. The first-order valence-corrected chi connectivity index (χ1v) is 9.97. The molecule has 6 heteroatoms. The summed E-state index contributed by atoms with van der Waals surface area (Å²) in [6.45, 7) is 5.22. The number of hydrogen-bond acceptors (Lipinski definition) is 6. The maximum atomic E-state index is 12.1. The van der Waals surface area contributed by atoms with Crippen molar-refractivity contribution in [1.82, 2.24) is 4.98 Å². The van der Waals surface area contributed by atoms with Crippen LogP contribution in [0.4, 0.5) is 0 Å². The van der Waals surface area contributed by atoms with Crippen molar-refractivity contribution >= 4 is 17.3 Å². The number of hydrogen-bond donors (Lipinski definition) is 0. The Bertz CT molecular complexity index is 707. The molecule has 0 saturated carbocycles. The van der Waals surface area contributed by atoms with Crippen LogP contribution in [-0.2, 0) is 32.0 Å². The Morgan fingerprint density at radius 2 is 2.19 bits per heavy atom. The largest absolute Gasteiger partial charge is 0.457 e. The first-order chi connectivity index (χ1) is 12.7. The number of benzene rings is 1. The molecule has 1 aromatic carbocycles. The highest BCUT2D eigenvalue weighted by Gasteiger charge is 2.21. The Kier molecular flexibility index (Phi) is 6.77. The third-order valence-electron chi connectivity index (χ3n) is 4.41. The summed E-state index contributed by atoms with van der Waals surface area (Å²) in [6, 6.07) is 8.38. The second-order valence-electron chi connectivity index (χ2n) is 6.41. The minimum absolute atomic E-state index is 0.102. The number of ether oxygens (including phenoxy) is 3. The van der Waals surface area contributed by atoms with E-state index in [0.29, 0.717) is 6.61 Å². The van der Waals surface area contributed by atoms with E-state index in [1.165, 1.54) is 5.56 Å². The lowest BCUT2D eigenvalue weighted by molar-refractivity contribution is -0.159. The lowest BCUT2D eigenvalue weighted by Crippen LogP contribution is -2.27. The van der Waals surface area contributed by atoms with Crippen molar-refractivity contribution in [2.45, 2.75) is 51.9 Å². The fraction of sp³-hybridized carbons (Fsp3) is 0.500. The zero-order valence-electron chi connectivity index (χ0n) is 15.3. The van der Waals surface area contributed by atoms with E-state index in [-0.39, 0.29) is 18.7 Å².